The van der Waals surface area contributed by atoms with Crippen LogP contribution in [-0.4, -0.2) is 10.1 Å². The van der Waals surface area contributed by atoms with E-state index in [-0.39, 0.29) is 28.2 Å². The van der Waals surface area contributed by atoms with E-state index in [1.165, 1.54) is 6.20 Å². The van der Waals surface area contributed by atoms with Crippen LogP contribution in [-0.2, 0) is 12.5 Å². The maximum Gasteiger partial charge on any atom is 0.266 e. The highest BCUT2D eigenvalue weighted by atomic mass is 79.9. The molecule has 0 bridgehead atoms. The second-order valence-electron chi connectivity index (χ2n) is 2.55. The van der Waals surface area contributed by atoms with E-state index in [4.69, 9.17) is 16.7 Å². The molecule has 78 valence electrons. The van der Waals surface area contributed by atoms with Crippen molar-refractivity contribution in [3.05, 3.63) is 27.5 Å². The number of nitrogens with zero attached hydrogens (tertiary/aromatic N) is 1. The second kappa shape index (κ2) is 5.00. The molecule has 1 rings (SSSR count). The average molecular weight is 287 g/mol. The van der Waals surface area contributed by atoms with Gasteiger partial charge in [0.15, 0.2) is 0 Å². The summed E-state index contributed by atoms with van der Waals surface area (Å²) in [4.78, 5) is 3.75. The first-order valence-corrected chi connectivity index (χ1v) is 5.05. The molecule has 0 saturated heterocycles. The number of pyridine rings is 1. The number of hydrogen-bond acceptors (Lipinski definition) is 2. The summed E-state index contributed by atoms with van der Waals surface area (Å²) >= 11 is 8.46. The molecule has 2 nitrogen and oxygen atoms in total. The summed E-state index contributed by atoms with van der Waals surface area (Å²) in [6, 6.07) is 0. The molecule has 0 aliphatic carbocycles. The fourth-order valence-electron chi connectivity index (χ4n) is 1.02. The molecule has 6 heteroatoms. The first-order chi connectivity index (χ1) is 6.61. The van der Waals surface area contributed by atoms with E-state index < -0.39 is 6.43 Å². The molecule has 1 N–H and O–H groups in total. The zero-order valence-electron chi connectivity index (χ0n) is 6.98. The Morgan fingerprint density at radius 2 is 2.21 bits per heavy atom. The smallest absolute Gasteiger partial charge is 0.266 e. The molecule has 0 fully saturated rings. The quantitative estimate of drug-likeness (QED) is 0.867. The van der Waals surface area contributed by atoms with Crippen LogP contribution >= 0.6 is 27.5 Å². The standard InChI is InChI=1S/C8H7BrClF2NO/c9-7-4(3-14)2-13-5(1-10)6(7)8(11)12/h2,8,14H,1,3H2. The fourth-order valence-corrected chi connectivity index (χ4v) is 1.86. The lowest BCUT2D eigenvalue weighted by Gasteiger charge is -2.10. The van der Waals surface area contributed by atoms with Gasteiger partial charge in [-0.3, -0.25) is 4.98 Å². The summed E-state index contributed by atoms with van der Waals surface area (Å²) in [5, 5.41) is 8.84. The maximum absolute atomic E-state index is 12.6. The third-order valence-electron chi connectivity index (χ3n) is 1.72. The van der Waals surface area contributed by atoms with Gasteiger partial charge in [0.05, 0.1) is 23.7 Å². The van der Waals surface area contributed by atoms with Crippen LogP contribution in [0.2, 0.25) is 0 Å². The van der Waals surface area contributed by atoms with Crippen molar-refractivity contribution >= 4 is 27.5 Å². The zero-order valence-corrected chi connectivity index (χ0v) is 9.32. The highest BCUT2D eigenvalue weighted by molar-refractivity contribution is 9.10. The molecule has 0 aliphatic heterocycles. The Labute approximate surface area is 93.0 Å². The number of alkyl halides is 3. The van der Waals surface area contributed by atoms with Crippen LogP contribution in [0.1, 0.15) is 23.2 Å². The van der Waals surface area contributed by atoms with Crippen LogP contribution < -0.4 is 0 Å². The molecule has 1 heterocycles. The van der Waals surface area contributed by atoms with Crippen molar-refractivity contribution in [1.29, 1.82) is 0 Å². The van der Waals surface area contributed by atoms with Crippen LogP contribution in [0.15, 0.2) is 10.7 Å². The lowest BCUT2D eigenvalue weighted by atomic mass is 10.1. The van der Waals surface area contributed by atoms with Crippen molar-refractivity contribution in [3.63, 3.8) is 0 Å². The monoisotopic (exact) mass is 285 g/mol. The number of aliphatic hydroxyl groups is 1. The SMILES string of the molecule is OCc1cnc(CCl)c(C(F)F)c1Br. The predicted octanol–water partition coefficient (Wildman–Crippen LogP) is 3.01. The molecule has 0 aromatic carbocycles. The van der Waals surface area contributed by atoms with Gasteiger partial charge in [-0.1, -0.05) is 0 Å². The summed E-state index contributed by atoms with van der Waals surface area (Å²) in [5.41, 5.74) is 0.214. The molecule has 0 amide bonds. The Balaban J connectivity index is 3.31. The summed E-state index contributed by atoms with van der Waals surface area (Å²) < 4.78 is 25.3. The Morgan fingerprint density at radius 3 is 2.64 bits per heavy atom. The van der Waals surface area contributed by atoms with Crippen LogP contribution in [0.25, 0.3) is 0 Å². The number of aromatic nitrogens is 1. The lowest BCUT2D eigenvalue weighted by molar-refractivity contribution is 0.148. The van der Waals surface area contributed by atoms with Gasteiger partial charge in [0.25, 0.3) is 6.43 Å². The summed E-state index contributed by atoms with van der Waals surface area (Å²) in [6.45, 7) is -0.337. The van der Waals surface area contributed by atoms with E-state index in [0.29, 0.717) is 5.56 Å². The number of hydrogen-bond donors (Lipinski definition) is 1. The van der Waals surface area contributed by atoms with Crippen LogP contribution in [0, 0.1) is 0 Å². The van der Waals surface area contributed by atoms with Gasteiger partial charge in [-0.15, -0.1) is 11.6 Å². The molecule has 0 unspecified atom stereocenters. The molecule has 0 saturated carbocycles. The Morgan fingerprint density at radius 1 is 1.57 bits per heavy atom. The Kier molecular flexibility index (Phi) is 4.22. The minimum atomic E-state index is -2.66. The lowest BCUT2D eigenvalue weighted by Crippen LogP contribution is -2.01. The summed E-state index contributed by atoms with van der Waals surface area (Å²) in [5.74, 6) is -0.0794. The minimum Gasteiger partial charge on any atom is -0.392 e. The van der Waals surface area contributed by atoms with Crippen LogP contribution in [0.5, 0.6) is 0 Å². The van der Waals surface area contributed by atoms with E-state index >= 15 is 0 Å². The fraction of sp³-hybridized carbons (Fsp3) is 0.375. The van der Waals surface area contributed by atoms with Gasteiger partial charge in [-0.05, 0) is 15.9 Å². The Hall–Kier alpha value is -0.260. The topological polar surface area (TPSA) is 33.1 Å². The van der Waals surface area contributed by atoms with Gasteiger partial charge in [-0.25, -0.2) is 8.78 Å². The largest absolute Gasteiger partial charge is 0.392 e. The number of halogens is 4. The van der Waals surface area contributed by atoms with Gasteiger partial charge in [-0.2, -0.15) is 0 Å². The van der Waals surface area contributed by atoms with E-state index in [9.17, 15) is 8.78 Å². The maximum atomic E-state index is 12.6. The summed E-state index contributed by atoms with van der Waals surface area (Å²) in [6.07, 6.45) is -1.33. The van der Waals surface area contributed by atoms with Gasteiger partial charge >= 0.3 is 0 Å². The molecule has 1 aromatic rings. The van der Waals surface area contributed by atoms with Gasteiger partial charge < -0.3 is 5.11 Å². The van der Waals surface area contributed by atoms with Crippen molar-refractivity contribution in [2.24, 2.45) is 0 Å². The van der Waals surface area contributed by atoms with Crippen molar-refractivity contribution in [2.75, 3.05) is 0 Å². The highest BCUT2D eigenvalue weighted by Crippen LogP contribution is 2.32. The van der Waals surface area contributed by atoms with E-state index in [1.54, 1.807) is 0 Å². The van der Waals surface area contributed by atoms with Crippen molar-refractivity contribution in [1.82, 2.24) is 4.98 Å². The Bertz CT molecular complexity index is 335. The molecular weight excluding hydrogens is 279 g/mol. The van der Waals surface area contributed by atoms with E-state index in [2.05, 4.69) is 20.9 Å². The number of aliphatic hydroxyl groups excluding tert-OH is 1. The predicted molar refractivity (Wildman–Crippen MR) is 52.4 cm³/mol. The average Bonchev–Trinajstić information content (AvgIpc) is 2.16. The molecule has 0 spiro atoms. The van der Waals surface area contributed by atoms with Gasteiger partial charge in [0.1, 0.15) is 0 Å². The van der Waals surface area contributed by atoms with Gasteiger partial charge in [0.2, 0.25) is 0 Å². The molecule has 0 aliphatic rings. The summed E-state index contributed by atoms with van der Waals surface area (Å²) in [7, 11) is 0. The second-order valence-corrected chi connectivity index (χ2v) is 3.61. The molecule has 0 radical (unpaired) electrons. The minimum absolute atomic E-state index is 0.0794. The van der Waals surface area contributed by atoms with Crippen LogP contribution in [0.3, 0.4) is 0 Å². The van der Waals surface area contributed by atoms with Crippen molar-refractivity contribution in [2.45, 2.75) is 18.9 Å². The highest BCUT2D eigenvalue weighted by Gasteiger charge is 2.19. The van der Waals surface area contributed by atoms with Gasteiger partial charge in [0, 0.05) is 16.2 Å². The molecule has 0 atom stereocenters. The third-order valence-corrected chi connectivity index (χ3v) is 2.91. The molecule has 14 heavy (non-hydrogen) atoms. The first-order valence-electron chi connectivity index (χ1n) is 3.73. The zero-order chi connectivity index (χ0) is 10.7. The van der Waals surface area contributed by atoms with E-state index in [0.717, 1.165) is 0 Å². The first kappa shape index (κ1) is 11.8. The van der Waals surface area contributed by atoms with Crippen molar-refractivity contribution in [3.8, 4) is 0 Å². The normalized spacial score (nSPS) is 11.0. The van der Waals surface area contributed by atoms with Crippen LogP contribution in [0.4, 0.5) is 8.78 Å². The van der Waals surface area contributed by atoms with Crippen molar-refractivity contribution < 1.29 is 13.9 Å². The molecule has 1 aromatic heterocycles. The third kappa shape index (κ3) is 2.21. The van der Waals surface area contributed by atoms with E-state index in [1.807, 2.05) is 0 Å². The molecular formula is C8H7BrClF2NO. The number of rotatable bonds is 3.